The van der Waals surface area contributed by atoms with Crippen molar-refractivity contribution in [3.05, 3.63) is 52.8 Å². The van der Waals surface area contributed by atoms with E-state index in [4.69, 9.17) is 5.73 Å². The fourth-order valence-corrected chi connectivity index (χ4v) is 1.53. The highest BCUT2D eigenvalue weighted by Gasteiger charge is 2.03. The number of nitrogen functional groups attached to an aromatic ring is 1. The van der Waals surface area contributed by atoms with Gasteiger partial charge in [-0.2, -0.15) is 9.78 Å². The highest BCUT2D eigenvalue weighted by Crippen LogP contribution is 2.18. The molecule has 4 nitrogen and oxygen atoms in total. The van der Waals surface area contributed by atoms with Gasteiger partial charge in [-0.15, -0.1) is 0 Å². The van der Waals surface area contributed by atoms with Gasteiger partial charge in [-0.25, -0.2) is 0 Å². The Morgan fingerprint density at radius 3 is 2.38 bits per heavy atom. The third-order valence-corrected chi connectivity index (χ3v) is 2.28. The first-order valence-corrected chi connectivity index (χ1v) is 4.77. The van der Waals surface area contributed by atoms with Gasteiger partial charge in [0, 0.05) is 12.8 Å². The van der Waals surface area contributed by atoms with E-state index in [1.165, 1.54) is 6.07 Å². The highest BCUT2D eigenvalue weighted by molar-refractivity contribution is 5.65. The number of rotatable bonds is 2. The molecule has 0 bridgehead atoms. The molecule has 1 aromatic carbocycles. The molecule has 2 N–H and O–H groups in total. The van der Waals surface area contributed by atoms with E-state index < -0.39 is 0 Å². The third kappa shape index (κ3) is 1.72. The standard InChI is InChI=1S/C12H11N3O/c1-14-15-11(13)7-10(8-12(15)16)9-5-3-2-4-6-9/h2-8H,1,13H2. The number of benzene rings is 1. The lowest BCUT2D eigenvalue weighted by Crippen LogP contribution is -2.18. The third-order valence-electron chi connectivity index (χ3n) is 2.28. The van der Waals surface area contributed by atoms with Gasteiger partial charge < -0.3 is 5.73 Å². The number of hydrogen-bond donors (Lipinski definition) is 1. The van der Waals surface area contributed by atoms with E-state index in [-0.39, 0.29) is 11.4 Å². The van der Waals surface area contributed by atoms with Crippen molar-refractivity contribution in [2.45, 2.75) is 0 Å². The molecular weight excluding hydrogens is 202 g/mol. The number of aromatic nitrogens is 1. The van der Waals surface area contributed by atoms with Crippen LogP contribution in [-0.4, -0.2) is 11.4 Å². The zero-order valence-electron chi connectivity index (χ0n) is 8.63. The Morgan fingerprint density at radius 2 is 1.81 bits per heavy atom. The van der Waals surface area contributed by atoms with Gasteiger partial charge in [0.15, 0.2) is 0 Å². The lowest BCUT2D eigenvalue weighted by molar-refractivity contribution is 0.852. The molecule has 0 saturated heterocycles. The molecular formula is C12H11N3O. The molecule has 0 aliphatic carbocycles. The smallest absolute Gasteiger partial charge is 0.273 e. The Labute approximate surface area is 92.6 Å². The van der Waals surface area contributed by atoms with Crippen molar-refractivity contribution in [2.24, 2.45) is 5.10 Å². The molecule has 0 saturated carbocycles. The molecule has 0 fully saturated rings. The van der Waals surface area contributed by atoms with Crippen LogP contribution in [0.5, 0.6) is 0 Å². The van der Waals surface area contributed by atoms with E-state index in [0.29, 0.717) is 0 Å². The van der Waals surface area contributed by atoms with Gasteiger partial charge >= 0.3 is 0 Å². The van der Waals surface area contributed by atoms with Gasteiger partial charge in [-0.3, -0.25) is 4.79 Å². The van der Waals surface area contributed by atoms with Gasteiger partial charge in [-0.1, -0.05) is 30.3 Å². The maximum absolute atomic E-state index is 11.6. The summed E-state index contributed by atoms with van der Waals surface area (Å²) >= 11 is 0. The van der Waals surface area contributed by atoms with Crippen LogP contribution >= 0.6 is 0 Å². The van der Waals surface area contributed by atoms with Crippen molar-refractivity contribution in [3.63, 3.8) is 0 Å². The van der Waals surface area contributed by atoms with Crippen LogP contribution < -0.4 is 11.3 Å². The second-order valence-corrected chi connectivity index (χ2v) is 3.33. The molecule has 4 heteroatoms. The fourth-order valence-electron chi connectivity index (χ4n) is 1.53. The topological polar surface area (TPSA) is 60.4 Å². The van der Waals surface area contributed by atoms with Gasteiger partial charge in [-0.05, 0) is 17.2 Å². The quantitative estimate of drug-likeness (QED) is 0.769. The van der Waals surface area contributed by atoms with Crippen LogP contribution in [0.15, 0.2) is 52.4 Å². The molecule has 1 heterocycles. The highest BCUT2D eigenvalue weighted by atomic mass is 16.1. The van der Waals surface area contributed by atoms with Crippen LogP contribution in [0.3, 0.4) is 0 Å². The molecule has 0 radical (unpaired) electrons. The molecule has 0 spiro atoms. The first kappa shape index (κ1) is 10.2. The summed E-state index contributed by atoms with van der Waals surface area (Å²) < 4.78 is 1.06. The maximum atomic E-state index is 11.6. The van der Waals surface area contributed by atoms with E-state index in [1.807, 2.05) is 30.3 Å². The van der Waals surface area contributed by atoms with Crippen LogP contribution in [0.2, 0.25) is 0 Å². The Balaban J connectivity index is 2.62. The molecule has 0 amide bonds. The van der Waals surface area contributed by atoms with Gasteiger partial charge in [0.25, 0.3) is 5.56 Å². The fraction of sp³-hybridized carbons (Fsp3) is 0. The SMILES string of the molecule is C=Nn1c(N)cc(-c2ccccc2)cc1=O. The van der Waals surface area contributed by atoms with E-state index in [2.05, 4.69) is 11.8 Å². The maximum Gasteiger partial charge on any atom is 0.273 e. The lowest BCUT2D eigenvalue weighted by Gasteiger charge is -2.05. The first-order valence-electron chi connectivity index (χ1n) is 4.77. The molecule has 1 aromatic heterocycles. The van der Waals surface area contributed by atoms with Crippen molar-refractivity contribution in [1.29, 1.82) is 0 Å². The minimum atomic E-state index is -0.283. The normalized spacial score (nSPS) is 10.0. The lowest BCUT2D eigenvalue weighted by atomic mass is 10.1. The molecule has 80 valence electrons. The average Bonchev–Trinajstić information content (AvgIpc) is 2.30. The van der Waals surface area contributed by atoms with Crippen molar-refractivity contribution in [2.75, 3.05) is 5.73 Å². The molecule has 16 heavy (non-hydrogen) atoms. The number of nitrogens with zero attached hydrogens (tertiary/aromatic N) is 2. The zero-order valence-corrected chi connectivity index (χ0v) is 8.63. The summed E-state index contributed by atoms with van der Waals surface area (Å²) in [6.07, 6.45) is 0. The minimum Gasteiger partial charge on any atom is -0.384 e. The summed E-state index contributed by atoms with van der Waals surface area (Å²) in [6.45, 7) is 3.29. The van der Waals surface area contributed by atoms with Gasteiger partial charge in [0.05, 0.1) is 0 Å². The summed E-state index contributed by atoms with van der Waals surface area (Å²) in [7, 11) is 0. The van der Waals surface area contributed by atoms with Gasteiger partial charge in [0.1, 0.15) is 5.82 Å². The molecule has 0 aliphatic heterocycles. The second kappa shape index (κ2) is 4.02. The molecule has 0 aliphatic rings. The predicted molar refractivity (Wildman–Crippen MR) is 65.5 cm³/mol. The molecule has 0 unspecified atom stereocenters. The van der Waals surface area contributed by atoms with Crippen LogP contribution in [-0.2, 0) is 0 Å². The largest absolute Gasteiger partial charge is 0.384 e. The Morgan fingerprint density at radius 1 is 1.12 bits per heavy atom. The molecule has 2 aromatic rings. The number of hydrogen-bond acceptors (Lipinski definition) is 3. The summed E-state index contributed by atoms with van der Waals surface area (Å²) in [4.78, 5) is 11.6. The monoisotopic (exact) mass is 213 g/mol. The minimum absolute atomic E-state index is 0.279. The van der Waals surface area contributed by atoms with E-state index >= 15 is 0 Å². The number of pyridine rings is 1. The first-order chi connectivity index (χ1) is 7.72. The van der Waals surface area contributed by atoms with Crippen molar-refractivity contribution >= 4 is 12.5 Å². The van der Waals surface area contributed by atoms with Crippen LogP contribution in [0.1, 0.15) is 0 Å². The Bertz CT molecular complexity index is 573. The van der Waals surface area contributed by atoms with E-state index in [0.717, 1.165) is 15.8 Å². The van der Waals surface area contributed by atoms with E-state index in [1.54, 1.807) is 6.07 Å². The Hall–Kier alpha value is -2.36. The summed E-state index contributed by atoms with van der Waals surface area (Å²) in [6, 6.07) is 12.7. The van der Waals surface area contributed by atoms with Crippen molar-refractivity contribution < 1.29 is 0 Å². The van der Waals surface area contributed by atoms with Gasteiger partial charge in [0.2, 0.25) is 0 Å². The van der Waals surface area contributed by atoms with Crippen LogP contribution in [0, 0.1) is 0 Å². The van der Waals surface area contributed by atoms with Crippen LogP contribution in [0.25, 0.3) is 11.1 Å². The number of nitrogens with two attached hydrogens (primary N) is 1. The second-order valence-electron chi connectivity index (χ2n) is 3.33. The predicted octanol–water partition coefficient (Wildman–Crippen LogP) is 1.56. The summed E-state index contributed by atoms with van der Waals surface area (Å²) in [5, 5.41) is 3.53. The summed E-state index contributed by atoms with van der Waals surface area (Å²) in [5.74, 6) is 0.279. The van der Waals surface area contributed by atoms with Crippen LogP contribution in [0.4, 0.5) is 5.82 Å². The molecule has 2 rings (SSSR count). The van der Waals surface area contributed by atoms with Crippen molar-refractivity contribution in [1.82, 2.24) is 4.68 Å². The average molecular weight is 213 g/mol. The zero-order chi connectivity index (χ0) is 11.5. The molecule has 0 atom stereocenters. The van der Waals surface area contributed by atoms with E-state index in [9.17, 15) is 4.79 Å². The number of anilines is 1. The Kier molecular flexibility index (Phi) is 2.55. The van der Waals surface area contributed by atoms with Crippen molar-refractivity contribution in [3.8, 4) is 11.1 Å². The summed E-state index contributed by atoms with van der Waals surface area (Å²) in [5.41, 5.74) is 7.14.